The Morgan fingerprint density at radius 1 is 1.30 bits per heavy atom. The fourth-order valence-corrected chi connectivity index (χ4v) is 1.65. The maximum absolute atomic E-state index is 12.0. The number of rotatable bonds is 9. The van der Waals surface area contributed by atoms with Crippen LogP contribution in [-0.4, -0.2) is 42.7 Å². The summed E-state index contributed by atoms with van der Waals surface area (Å²) in [7, 11) is 1.67. The molecule has 1 aromatic heterocycles. The third-order valence-electron chi connectivity index (χ3n) is 2.71. The number of methoxy groups -OCH3 is 1. The molecule has 0 saturated carbocycles. The molecule has 1 heterocycles. The number of hydrogen-bond acceptors (Lipinski definition) is 5. The summed E-state index contributed by atoms with van der Waals surface area (Å²) < 4.78 is 4.98. The molecule has 0 unspecified atom stereocenters. The number of anilines is 1. The molecule has 0 aliphatic rings. The van der Waals surface area contributed by atoms with E-state index in [0.29, 0.717) is 31.3 Å². The molecule has 1 rings (SSSR count). The number of carbonyl (C=O) groups is 1. The van der Waals surface area contributed by atoms with Gasteiger partial charge in [0.05, 0.1) is 0 Å². The molecule has 1 aromatic rings. The second-order valence-corrected chi connectivity index (χ2v) is 4.60. The molecular formula is C14H24N4O2. The molecule has 0 spiro atoms. The Hall–Kier alpha value is -1.69. The maximum Gasteiger partial charge on any atom is 0.270 e. The van der Waals surface area contributed by atoms with Gasteiger partial charge in [0, 0.05) is 32.5 Å². The Morgan fingerprint density at radius 3 is 2.80 bits per heavy atom. The second-order valence-electron chi connectivity index (χ2n) is 4.60. The Labute approximate surface area is 120 Å². The molecule has 0 atom stereocenters. The van der Waals surface area contributed by atoms with Gasteiger partial charge in [-0.25, -0.2) is 9.97 Å². The number of hydrogen-bond donors (Lipinski definition) is 2. The summed E-state index contributed by atoms with van der Waals surface area (Å²) in [5.74, 6) is 0.339. The number of carbonyl (C=O) groups excluding carboxylic acids is 1. The molecular weight excluding hydrogens is 256 g/mol. The van der Waals surface area contributed by atoms with Crippen molar-refractivity contribution < 1.29 is 9.53 Å². The number of nitrogens with zero attached hydrogens (tertiary/aromatic N) is 2. The SMILES string of the molecule is CCCCNC(=O)c1cc(C)nc(NCCCOC)n1. The first-order valence-electron chi connectivity index (χ1n) is 7.04. The molecule has 6 nitrogen and oxygen atoms in total. The second kappa shape index (κ2) is 9.25. The van der Waals surface area contributed by atoms with Crippen LogP contribution in [0, 0.1) is 6.92 Å². The highest BCUT2D eigenvalue weighted by molar-refractivity contribution is 5.92. The highest BCUT2D eigenvalue weighted by Crippen LogP contribution is 2.05. The largest absolute Gasteiger partial charge is 0.385 e. The number of ether oxygens (including phenoxy) is 1. The van der Waals surface area contributed by atoms with Crippen LogP contribution in [-0.2, 0) is 4.74 Å². The summed E-state index contributed by atoms with van der Waals surface area (Å²) in [6, 6.07) is 1.70. The van der Waals surface area contributed by atoms with Gasteiger partial charge < -0.3 is 15.4 Å². The smallest absolute Gasteiger partial charge is 0.270 e. The van der Waals surface area contributed by atoms with Crippen LogP contribution in [0.15, 0.2) is 6.07 Å². The van der Waals surface area contributed by atoms with Crippen molar-refractivity contribution >= 4 is 11.9 Å². The van der Waals surface area contributed by atoms with Crippen LogP contribution >= 0.6 is 0 Å². The normalized spacial score (nSPS) is 10.3. The van der Waals surface area contributed by atoms with E-state index in [1.807, 2.05) is 6.92 Å². The van der Waals surface area contributed by atoms with Gasteiger partial charge in [-0.05, 0) is 25.8 Å². The number of amides is 1. The zero-order valence-electron chi connectivity index (χ0n) is 12.5. The zero-order valence-corrected chi connectivity index (χ0v) is 12.5. The zero-order chi connectivity index (χ0) is 14.8. The van der Waals surface area contributed by atoms with Gasteiger partial charge in [-0.15, -0.1) is 0 Å². The Bertz CT molecular complexity index is 424. The van der Waals surface area contributed by atoms with Crippen LogP contribution in [0.3, 0.4) is 0 Å². The lowest BCUT2D eigenvalue weighted by atomic mass is 10.3. The van der Waals surface area contributed by atoms with Crippen LogP contribution < -0.4 is 10.6 Å². The fraction of sp³-hybridized carbons (Fsp3) is 0.643. The predicted molar refractivity (Wildman–Crippen MR) is 79.0 cm³/mol. The quantitative estimate of drug-likeness (QED) is 0.674. The predicted octanol–water partition coefficient (Wildman–Crippen LogP) is 1.76. The van der Waals surface area contributed by atoms with Crippen molar-refractivity contribution in [1.29, 1.82) is 0 Å². The number of aryl methyl sites for hydroxylation is 1. The van der Waals surface area contributed by atoms with Gasteiger partial charge in [-0.3, -0.25) is 4.79 Å². The summed E-state index contributed by atoms with van der Waals surface area (Å²) in [6.07, 6.45) is 2.89. The fourth-order valence-electron chi connectivity index (χ4n) is 1.65. The van der Waals surface area contributed by atoms with E-state index in [1.54, 1.807) is 13.2 Å². The Balaban J connectivity index is 2.58. The molecule has 0 bridgehead atoms. The summed E-state index contributed by atoms with van der Waals surface area (Å²) in [4.78, 5) is 20.5. The van der Waals surface area contributed by atoms with Crippen LogP contribution in [0.5, 0.6) is 0 Å². The van der Waals surface area contributed by atoms with E-state index in [2.05, 4.69) is 27.5 Å². The van der Waals surface area contributed by atoms with Gasteiger partial charge >= 0.3 is 0 Å². The highest BCUT2D eigenvalue weighted by Gasteiger charge is 2.09. The monoisotopic (exact) mass is 280 g/mol. The maximum atomic E-state index is 12.0. The van der Waals surface area contributed by atoms with Gasteiger partial charge in [-0.1, -0.05) is 13.3 Å². The van der Waals surface area contributed by atoms with Crippen molar-refractivity contribution in [3.05, 3.63) is 17.5 Å². The van der Waals surface area contributed by atoms with E-state index in [-0.39, 0.29) is 5.91 Å². The third-order valence-corrected chi connectivity index (χ3v) is 2.71. The molecule has 0 aromatic carbocycles. The lowest BCUT2D eigenvalue weighted by Gasteiger charge is -2.08. The lowest BCUT2D eigenvalue weighted by Crippen LogP contribution is -2.26. The molecule has 2 N–H and O–H groups in total. The van der Waals surface area contributed by atoms with E-state index < -0.39 is 0 Å². The molecule has 0 radical (unpaired) electrons. The summed E-state index contributed by atoms with van der Waals surface area (Å²) >= 11 is 0. The Kier molecular flexibility index (Phi) is 7.57. The van der Waals surface area contributed by atoms with Gasteiger partial charge in [0.25, 0.3) is 5.91 Å². The minimum atomic E-state index is -0.149. The minimum Gasteiger partial charge on any atom is -0.385 e. The van der Waals surface area contributed by atoms with Crippen molar-refractivity contribution in [2.24, 2.45) is 0 Å². The molecule has 6 heteroatoms. The molecule has 0 aliphatic heterocycles. The average molecular weight is 280 g/mol. The van der Waals surface area contributed by atoms with Crippen LogP contribution in [0.1, 0.15) is 42.4 Å². The van der Waals surface area contributed by atoms with Crippen molar-refractivity contribution in [2.45, 2.75) is 33.1 Å². The topological polar surface area (TPSA) is 76.1 Å². The summed E-state index contributed by atoms with van der Waals surface area (Å²) in [5.41, 5.74) is 1.18. The first-order chi connectivity index (χ1) is 9.67. The molecule has 20 heavy (non-hydrogen) atoms. The van der Waals surface area contributed by atoms with Crippen LogP contribution in [0.4, 0.5) is 5.95 Å². The van der Waals surface area contributed by atoms with Crippen LogP contribution in [0.2, 0.25) is 0 Å². The van der Waals surface area contributed by atoms with E-state index in [0.717, 1.165) is 25.0 Å². The highest BCUT2D eigenvalue weighted by atomic mass is 16.5. The van der Waals surface area contributed by atoms with Crippen molar-refractivity contribution in [3.8, 4) is 0 Å². The van der Waals surface area contributed by atoms with Gasteiger partial charge in [0.15, 0.2) is 0 Å². The van der Waals surface area contributed by atoms with E-state index >= 15 is 0 Å². The molecule has 0 fully saturated rings. The average Bonchev–Trinajstić information content (AvgIpc) is 2.43. The van der Waals surface area contributed by atoms with Gasteiger partial charge in [0.1, 0.15) is 5.69 Å². The van der Waals surface area contributed by atoms with Crippen molar-refractivity contribution in [3.63, 3.8) is 0 Å². The van der Waals surface area contributed by atoms with E-state index in [4.69, 9.17) is 4.74 Å². The summed E-state index contributed by atoms with van der Waals surface area (Å²) in [6.45, 7) is 6.01. The van der Waals surface area contributed by atoms with E-state index in [9.17, 15) is 4.79 Å². The Morgan fingerprint density at radius 2 is 2.10 bits per heavy atom. The van der Waals surface area contributed by atoms with Gasteiger partial charge in [-0.2, -0.15) is 0 Å². The third kappa shape index (κ3) is 5.97. The number of unbranched alkanes of at least 4 members (excludes halogenated alkanes) is 1. The van der Waals surface area contributed by atoms with Crippen molar-refractivity contribution in [2.75, 3.05) is 32.1 Å². The summed E-state index contributed by atoms with van der Waals surface area (Å²) in [5, 5.41) is 5.95. The minimum absolute atomic E-state index is 0.149. The number of nitrogens with one attached hydrogen (secondary N) is 2. The first-order valence-corrected chi connectivity index (χ1v) is 7.04. The molecule has 0 aliphatic carbocycles. The van der Waals surface area contributed by atoms with E-state index in [1.165, 1.54) is 0 Å². The number of aromatic nitrogens is 2. The molecule has 1 amide bonds. The lowest BCUT2D eigenvalue weighted by molar-refractivity contribution is 0.0948. The van der Waals surface area contributed by atoms with Crippen LogP contribution in [0.25, 0.3) is 0 Å². The molecule has 0 saturated heterocycles. The molecule has 112 valence electrons. The first kappa shape index (κ1) is 16.4. The van der Waals surface area contributed by atoms with Crippen molar-refractivity contribution in [1.82, 2.24) is 15.3 Å². The standard InChI is InChI=1S/C14H24N4O2/c1-4-5-7-15-13(19)12-10-11(2)17-14(18-12)16-8-6-9-20-3/h10H,4-9H2,1-3H3,(H,15,19)(H,16,17,18). The van der Waals surface area contributed by atoms with Gasteiger partial charge in [0.2, 0.25) is 5.95 Å².